The van der Waals surface area contributed by atoms with Crippen LogP contribution in [0, 0.1) is 0 Å². The second-order valence-electron chi connectivity index (χ2n) is 4.18. The number of aryl methyl sites for hydroxylation is 1. The number of aromatic nitrogens is 3. The largest absolute Gasteiger partial charge is 0.342 e. The molecule has 1 saturated heterocycles. The summed E-state index contributed by atoms with van der Waals surface area (Å²) in [5.41, 5.74) is 0. The Morgan fingerprint density at radius 3 is 2.94 bits per heavy atom. The normalized spacial score (nSPS) is 15.5. The Kier molecular flexibility index (Phi) is 4.08. The number of nitrogens with one attached hydrogen (secondary N) is 1. The lowest BCUT2D eigenvalue weighted by Crippen LogP contribution is -2.36. The molecule has 1 N–H and O–H groups in total. The van der Waals surface area contributed by atoms with Crippen molar-refractivity contribution in [1.29, 1.82) is 0 Å². The van der Waals surface area contributed by atoms with Crippen LogP contribution in [0.3, 0.4) is 0 Å². The second-order valence-corrected chi connectivity index (χ2v) is 4.18. The number of nitrogens with zero attached hydrogens (tertiary/aromatic N) is 4. The summed E-state index contributed by atoms with van der Waals surface area (Å²) >= 11 is 0. The van der Waals surface area contributed by atoms with E-state index in [1.807, 2.05) is 16.5 Å². The quantitative estimate of drug-likeness (QED) is 0.783. The third-order valence-corrected chi connectivity index (χ3v) is 3.01. The van der Waals surface area contributed by atoms with Crippen molar-refractivity contribution in [3.8, 4) is 0 Å². The average Bonchev–Trinajstić information content (AvgIpc) is 2.99. The molecule has 6 heteroatoms. The highest BCUT2D eigenvalue weighted by Gasteiger charge is 2.17. The maximum absolute atomic E-state index is 11.7. The number of hydrogen-bond acceptors (Lipinski definition) is 4. The SMILES string of the molecule is CCn1ncnc1CNCC(=O)N1CCCC1. The van der Waals surface area contributed by atoms with Gasteiger partial charge in [0.05, 0.1) is 13.1 Å². The predicted octanol–water partition coefficient (Wildman–Crippen LogP) is 0.0100. The molecule has 17 heavy (non-hydrogen) atoms. The van der Waals surface area contributed by atoms with Crippen molar-refractivity contribution in [2.24, 2.45) is 0 Å². The molecular formula is C11H19N5O. The molecule has 0 atom stereocenters. The Balaban J connectivity index is 1.73. The fourth-order valence-corrected chi connectivity index (χ4v) is 2.05. The zero-order valence-corrected chi connectivity index (χ0v) is 10.2. The number of rotatable bonds is 5. The van der Waals surface area contributed by atoms with Crippen LogP contribution in [0.15, 0.2) is 6.33 Å². The van der Waals surface area contributed by atoms with E-state index in [0.29, 0.717) is 13.1 Å². The summed E-state index contributed by atoms with van der Waals surface area (Å²) < 4.78 is 1.83. The van der Waals surface area contributed by atoms with Gasteiger partial charge in [-0.05, 0) is 19.8 Å². The molecule has 0 radical (unpaired) electrons. The standard InChI is InChI=1S/C11H19N5O/c1-2-16-10(13-9-14-16)7-12-8-11(17)15-5-3-4-6-15/h9,12H,2-8H2,1H3. The highest BCUT2D eigenvalue weighted by Crippen LogP contribution is 2.06. The minimum atomic E-state index is 0.185. The molecule has 6 nitrogen and oxygen atoms in total. The van der Waals surface area contributed by atoms with E-state index < -0.39 is 0 Å². The smallest absolute Gasteiger partial charge is 0.236 e. The molecule has 1 aromatic heterocycles. The van der Waals surface area contributed by atoms with E-state index in [0.717, 1.165) is 38.3 Å². The second kappa shape index (κ2) is 5.77. The number of carbonyl (C=O) groups is 1. The maximum atomic E-state index is 11.7. The van der Waals surface area contributed by atoms with E-state index in [4.69, 9.17) is 0 Å². The van der Waals surface area contributed by atoms with Crippen molar-refractivity contribution < 1.29 is 4.79 Å². The van der Waals surface area contributed by atoms with Crippen molar-refractivity contribution >= 4 is 5.91 Å². The maximum Gasteiger partial charge on any atom is 0.236 e. The van der Waals surface area contributed by atoms with Gasteiger partial charge in [0.15, 0.2) is 0 Å². The van der Waals surface area contributed by atoms with E-state index in [9.17, 15) is 4.79 Å². The van der Waals surface area contributed by atoms with Gasteiger partial charge < -0.3 is 10.2 Å². The molecule has 94 valence electrons. The highest BCUT2D eigenvalue weighted by atomic mass is 16.2. The van der Waals surface area contributed by atoms with Gasteiger partial charge in [-0.3, -0.25) is 4.79 Å². The molecule has 0 saturated carbocycles. The molecule has 1 amide bonds. The average molecular weight is 237 g/mol. The van der Waals surface area contributed by atoms with Gasteiger partial charge in [0.2, 0.25) is 5.91 Å². The van der Waals surface area contributed by atoms with E-state index in [1.165, 1.54) is 0 Å². The molecule has 2 heterocycles. The van der Waals surface area contributed by atoms with E-state index in [-0.39, 0.29) is 5.91 Å². The molecule has 0 aliphatic carbocycles. The van der Waals surface area contributed by atoms with Crippen LogP contribution < -0.4 is 5.32 Å². The first-order valence-corrected chi connectivity index (χ1v) is 6.16. The summed E-state index contributed by atoms with van der Waals surface area (Å²) in [6.45, 7) is 5.62. The van der Waals surface area contributed by atoms with Crippen molar-refractivity contribution in [1.82, 2.24) is 25.0 Å². The Morgan fingerprint density at radius 2 is 2.24 bits per heavy atom. The van der Waals surface area contributed by atoms with Crippen LogP contribution in [0.1, 0.15) is 25.6 Å². The number of carbonyl (C=O) groups excluding carboxylic acids is 1. The van der Waals surface area contributed by atoms with Gasteiger partial charge in [0.1, 0.15) is 12.2 Å². The molecule has 1 fully saturated rings. The van der Waals surface area contributed by atoms with E-state index >= 15 is 0 Å². The summed E-state index contributed by atoms with van der Waals surface area (Å²) in [5.74, 6) is 1.06. The molecule has 0 unspecified atom stereocenters. The molecule has 2 rings (SSSR count). The zero-order valence-electron chi connectivity index (χ0n) is 10.2. The van der Waals surface area contributed by atoms with Gasteiger partial charge in [0.25, 0.3) is 0 Å². The minimum Gasteiger partial charge on any atom is -0.342 e. The molecule has 0 spiro atoms. The summed E-state index contributed by atoms with van der Waals surface area (Å²) in [6.07, 6.45) is 3.81. The molecule has 0 aromatic carbocycles. The number of amides is 1. The third kappa shape index (κ3) is 3.03. The van der Waals surface area contributed by atoms with Crippen LogP contribution in [-0.2, 0) is 17.9 Å². The predicted molar refractivity (Wildman–Crippen MR) is 63.2 cm³/mol. The third-order valence-electron chi connectivity index (χ3n) is 3.01. The molecule has 1 aliphatic rings. The summed E-state index contributed by atoms with van der Waals surface area (Å²) in [5, 5.41) is 7.20. The summed E-state index contributed by atoms with van der Waals surface area (Å²) in [4.78, 5) is 17.8. The fourth-order valence-electron chi connectivity index (χ4n) is 2.05. The van der Waals surface area contributed by atoms with Crippen LogP contribution in [0.4, 0.5) is 0 Å². The van der Waals surface area contributed by atoms with Crippen LogP contribution in [-0.4, -0.2) is 45.2 Å². The lowest BCUT2D eigenvalue weighted by molar-refractivity contribution is -0.129. The molecule has 1 aliphatic heterocycles. The first kappa shape index (κ1) is 12.0. The van der Waals surface area contributed by atoms with Crippen molar-refractivity contribution in [3.63, 3.8) is 0 Å². The monoisotopic (exact) mass is 237 g/mol. The summed E-state index contributed by atoms with van der Waals surface area (Å²) in [6, 6.07) is 0. The van der Waals surface area contributed by atoms with Gasteiger partial charge in [-0.25, -0.2) is 9.67 Å². The first-order valence-electron chi connectivity index (χ1n) is 6.16. The van der Waals surface area contributed by atoms with Gasteiger partial charge >= 0.3 is 0 Å². The van der Waals surface area contributed by atoms with Gasteiger partial charge in [-0.2, -0.15) is 5.10 Å². The Morgan fingerprint density at radius 1 is 1.47 bits per heavy atom. The van der Waals surface area contributed by atoms with Crippen LogP contribution in [0.25, 0.3) is 0 Å². The lowest BCUT2D eigenvalue weighted by atomic mass is 10.4. The Hall–Kier alpha value is -1.43. The number of hydrogen-bond donors (Lipinski definition) is 1. The molecule has 1 aromatic rings. The van der Waals surface area contributed by atoms with Crippen LogP contribution in [0.2, 0.25) is 0 Å². The van der Waals surface area contributed by atoms with Gasteiger partial charge in [-0.1, -0.05) is 0 Å². The summed E-state index contributed by atoms with van der Waals surface area (Å²) in [7, 11) is 0. The van der Waals surface area contributed by atoms with Gasteiger partial charge in [0, 0.05) is 19.6 Å². The van der Waals surface area contributed by atoms with E-state index in [2.05, 4.69) is 15.4 Å². The van der Waals surface area contributed by atoms with Crippen molar-refractivity contribution in [2.75, 3.05) is 19.6 Å². The van der Waals surface area contributed by atoms with Crippen LogP contribution >= 0.6 is 0 Å². The number of likely N-dealkylation sites (tertiary alicyclic amines) is 1. The molecule has 0 bridgehead atoms. The minimum absolute atomic E-state index is 0.185. The Labute approximate surface area is 101 Å². The van der Waals surface area contributed by atoms with Crippen molar-refractivity contribution in [2.45, 2.75) is 32.9 Å². The van der Waals surface area contributed by atoms with Crippen LogP contribution in [0.5, 0.6) is 0 Å². The topological polar surface area (TPSA) is 63.1 Å². The first-order chi connectivity index (χ1) is 8.31. The van der Waals surface area contributed by atoms with E-state index in [1.54, 1.807) is 6.33 Å². The van der Waals surface area contributed by atoms with Crippen molar-refractivity contribution in [3.05, 3.63) is 12.2 Å². The fraction of sp³-hybridized carbons (Fsp3) is 0.727. The highest BCUT2D eigenvalue weighted by molar-refractivity contribution is 5.78. The van der Waals surface area contributed by atoms with Gasteiger partial charge in [-0.15, -0.1) is 0 Å². The zero-order chi connectivity index (χ0) is 12.1. The molecular weight excluding hydrogens is 218 g/mol. The lowest BCUT2D eigenvalue weighted by Gasteiger charge is -2.15. The Bertz CT molecular complexity index is 370.